The summed E-state index contributed by atoms with van der Waals surface area (Å²) in [5, 5.41) is 13.6. The van der Waals surface area contributed by atoms with E-state index in [1.807, 2.05) is 36.4 Å². The van der Waals surface area contributed by atoms with Gasteiger partial charge in [0, 0.05) is 17.7 Å². The molecule has 0 atom stereocenters. The summed E-state index contributed by atoms with van der Waals surface area (Å²) >= 11 is 0. The van der Waals surface area contributed by atoms with Crippen LogP contribution in [-0.4, -0.2) is 50.6 Å². The highest BCUT2D eigenvalue weighted by atomic mass is 31.2. The molecule has 0 spiro atoms. The number of cyclic esters (lactones) is 1. The molecule has 5 rings (SSSR count). The van der Waals surface area contributed by atoms with Gasteiger partial charge in [-0.1, -0.05) is 36.4 Å². The van der Waals surface area contributed by atoms with Crippen LogP contribution in [0, 0.1) is 10.1 Å². The van der Waals surface area contributed by atoms with Gasteiger partial charge in [-0.05, 0) is 71.3 Å². The SMILES string of the molecule is COC(=O)C1=C(c2ccc([N+](=O)[O-])cc2)OC(=O)C1=P(c1ccc(OC)cc1)(c1ccc(OC)cc1)c1ccc(OC)cc1. The molecule has 0 saturated carbocycles. The molecule has 4 aromatic rings. The number of non-ortho nitro benzene ring substituents is 1. The Kier molecular flexibility index (Phi) is 8.55. The van der Waals surface area contributed by atoms with Crippen molar-refractivity contribution in [3.8, 4) is 17.2 Å². The van der Waals surface area contributed by atoms with Crippen molar-refractivity contribution in [1.82, 2.24) is 0 Å². The fraction of sp³-hybridized carbons (Fsp3) is 0.121. The quantitative estimate of drug-likeness (QED) is 0.118. The van der Waals surface area contributed by atoms with Crippen LogP contribution in [0.1, 0.15) is 5.56 Å². The maximum atomic E-state index is 14.2. The molecule has 11 heteroatoms. The minimum absolute atomic E-state index is 0.0494. The zero-order valence-corrected chi connectivity index (χ0v) is 25.2. The van der Waals surface area contributed by atoms with E-state index in [-0.39, 0.29) is 22.3 Å². The van der Waals surface area contributed by atoms with Gasteiger partial charge in [0.2, 0.25) is 0 Å². The van der Waals surface area contributed by atoms with Crippen LogP contribution in [0.25, 0.3) is 5.76 Å². The number of rotatable bonds is 9. The number of nitrogens with zero attached hydrogens (tertiary/aromatic N) is 1. The number of carbonyl (C=O) groups is 2. The van der Waals surface area contributed by atoms with E-state index in [0.717, 1.165) is 15.9 Å². The van der Waals surface area contributed by atoms with Crippen LogP contribution in [0.4, 0.5) is 5.69 Å². The van der Waals surface area contributed by atoms with E-state index in [4.69, 9.17) is 23.7 Å². The van der Waals surface area contributed by atoms with Gasteiger partial charge in [-0.15, -0.1) is 0 Å². The number of ether oxygens (including phenoxy) is 5. The van der Waals surface area contributed by atoms with E-state index >= 15 is 0 Å². The van der Waals surface area contributed by atoms with Gasteiger partial charge in [0.1, 0.15) is 22.8 Å². The second-order valence-electron chi connectivity index (χ2n) is 9.50. The molecule has 0 saturated heterocycles. The van der Waals surface area contributed by atoms with Crippen molar-refractivity contribution >= 4 is 51.5 Å². The second-order valence-corrected chi connectivity index (χ2v) is 12.8. The van der Waals surface area contributed by atoms with Gasteiger partial charge < -0.3 is 23.7 Å². The number of nitro groups is 1. The van der Waals surface area contributed by atoms with Crippen LogP contribution >= 0.6 is 6.89 Å². The van der Waals surface area contributed by atoms with E-state index in [2.05, 4.69) is 0 Å². The second kappa shape index (κ2) is 12.5. The Labute approximate surface area is 253 Å². The highest BCUT2D eigenvalue weighted by molar-refractivity contribution is 7.97. The number of methoxy groups -OCH3 is 4. The van der Waals surface area contributed by atoms with E-state index in [0.29, 0.717) is 22.8 Å². The summed E-state index contributed by atoms with van der Waals surface area (Å²) in [4.78, 5) is 38.7. The topological polar surface area (TPSA) is 123 Å². The zero-order valence-electron chi connectivity index (χ0n) is 24.3. The molecule has 0 N–H and O–H groups in total. The number of benzene rings is 4. The molecule has 0 radical (unpaired) electrons. The summed E-state index contributed by atoms with van der Waals surface area (Å²) in [5.74, 6) is 0.224. The van der Waals surface area contributed by atoms with Gasteiger partial charge in [-0.3, -0.25) is 10.1 Å². The molecular weight excluding hydrogens is 585 g/mol. The van der Waals surface area contributed by atoms with Crippen LogP contribution in [0.15, 0.2) is 103 Å². The summed E-state index contributed by atoms with van der Waals surface area (Å²) in [7, 11) is 5.89. The summed E-state index contributed by atoms with van der Waals surface area (Å²) in [6.45, 7) is -3.25. The first-order chi connectivity index (χ1) is 21.3. The lowest BCUT2D eigenvalue weighted by Crippen LogP contribution is -2.34. The van der Waals surface area contributed by atoms with Gasteiger partial charge in [-0.25, -0.2) is 9.59 Å². The zero-order chi connectivity index (χ0) is 31.4. The van der Waals surface area contributed by atoms with Gasteiger partial charge in [-0.2, -0.15) is 0 Å². The molecule has 224 valence electrons. The largest absolute Gasteiger partial charge is 0.497 e. The van der Waals surface area contributed by atoms with Crippen molar-refractivity contribution in [3.05, 3.63) is 118 Å². The minimum Gasteiger partial charge on any atom is -0.497 e. The molecule has 44 heavy (non-hydrogen) atoms. The first kappa shape index (κ1) is 30.1. The summed E-state index contributed by atoms with van der Waals surface area (Å²) < 4.78 is 27.4. The predicted molar refractivity (Wildman–Crippen MR) is 168 cm³/mol. The lowest BCUT2D eigenvalue weighted by Gasteiger charge is -2.31. The van der Waals surface area contributed by atoms with Crippen molar-refractivity contribution in [3.63, 3.8) is 0 Å². The minimum atomic E-state index is -3.25. The molecule has 0 amide bonds. The molecule has 1 aliphatic heterocycles. The van der Waals surface area contributed by atoms with Crippen molar-refractivity contribution in [1.29, 1.82) is 0 Å². The van der Waals surface area contributed by atoms with Crippen molar-refractivity contribution in [2.45, 2.75) is 0 Å². The molecule has 0 bridgehead atoms. The first-order valence-corrected chi connectivity index (χ1v) is 15.1. The molecule has 4 aromatic carbocycles. The molecule has 0 unspecified atom stereocenters. The molecule has 0 fully saturated rings. The third-order valence-electron chi connectivity index (χ3n) is 7.30. The summed E-state index contributed by atoms with van der Waals surface area (Å²) in [5.41, 5.74) is 0.0813. The number of carbonyl (C=O) groups excluding carboxylic acids is 2. The van der Waals surface area contributed by atoms with E-state index in [1.165, 1.54) is 31.4 Å². The Morgan fingerprint density at radius 2 is 1.09 bits per heavy atom. The van der Waals surface area contributed by atoms with Crippen LogP contribution in [-0.2, 0) is 19.1 Å². The van der Waals surface area contributed by atoms with Gasteiger partial charge in [0.15, 0.2) is 5.76 Å². The van der Waals surface area contributed by atoms with Gasteiger partial charge >= 0.3 is 11.9 Å². The van der Waals surface area contributed by atoms with Crippen LogP contribution in [0.2, 0.25) is 0 Å². The fourth-order valence-corrected chi connectivity index (χ4v) is 9.49. The molecule has 0 aromatic heterocycles. The molecule has 0 aliphatic carbocycles. The Morgan fingerprint density at radius 1 is 0.682 bits per heavy atom. The summed E-state index contributed by atoms with van der Waals surface area (Å²) in [6.07, 6.45) is 0. The normalized spacial score (nSPS) is 12.9. The smallest absolute Gasteiger partial charge is 0.345 e. The van der Waals surface area contributed by atoms with Crippen LogP contribution in [0.5, 0.6) is 17.2 Å². The molecule has 1 heterocycles. The molecule has 1 aliphatic rings. The Hall–Kier alpha value is -5.34. The standard InChI is InChI=1S/C33H28NO9P/c1-39-23-9-15-26(16-10-23)44(27-17-11-24(40-2)12-18-27,28-19-13-25(41-3)14-20-28)31-29(32(35)42-4)30(43-33(31)36)21-5-7-22(8-6-21)34(37)38/h5-20H,1-4H3. The van der Waals surface area contributed by atoms with Crippen molar-refractivity contribution < 1.29 is 38.2 Å². The highest BCUT2D eigenvalue weighted by Gasteiger charge is 2.45. The van der Waals surface area contributed by atoms with Crippen LogP contribution < -0.4 is 30.1 Å². The summed E-state index contributed by atoms with van der Waals surface area (Å²) in [6, 6.07) is 27.3. The lowest BCUT2D eigenvalue weighted by molar-refractivity contribution is -0.384. The average molecular weight is 614 g/mol. The third-order valence-corrected chi connectivity index (χ3v) is 11.6. The highest BCUT2D eigenvalue weighted by Crippen LogP contribution is 2.51. The average Bonchev–Trinajstić information content (AvgIpc) is 3.42. The fourth-order valence-electron chi connectivity index (χ4n) is 5.19. The third kappa shape index (κ3) is 5.20. The number of nitro benzene ring substituents is 1. The maximum absolute atomic E-state index is 14.2. The molecular formula is C33H28NO9P. The van der Waals surface area contributed by atoms with Gasteiger partial charge in [0.25, 0.3) is 5.69 Å². The number of hydrogen-bond donors (Lipinski definition) is 0. The van der Waals surface area contributed by atoms with E-state index in [1.54, 1.807) is 57.7 Å². The van der Waals surface area contributed by atoms with Gasteiger partial charge in [0.05, 0.1) is 38.7 Å². The monoisotopic (exact) mass is 613 g/mol. The Morgan fingerprint density at radius 3 is 1.43 bits per heavy atom. The number of hydrogen-bond acceptors (Lipinski definition) is 9. The maximum Gasteiger partial charge on any atom is 0.345 e. The number of esters is 2. The van der Waals surface area contributed by atoms with Crippen molar-refractivity contribution in [2.24, 2.45) is 0 Å². The molecule has 10 nitrogen and oxygen atoms in total. The van der Waals surface area contributed by atoms with Crippen molar-refractivity contribution in [2.75, 3.05) is 28.4 Å². The Balaban J connectivity index is 1.99. The predicted octanol–water partition coefficient (Wildman–Crippen LogP) is 4.23. The van der Waals surface area contributed by atoms with Crippen LogP contribution in [0.3, 0.4) is 0 Å². The Bertz CT molecular complexity index is 1690. The van der Waals surface area contributed by atoms with E-state index < -0.39 is 23.7 Å². The first-order valence-electron chi connectivity index (χ1n) is 13.3. The lowest BCUT2D eigenvalue weighted by atomic mass is 10.1. The van der Waals surface area contributed by atoms with E-state index in [9.17, 15) is 19.7 Å².